The van der Waals surface area contributed by atoms with E-state index in [4.69, 9.17) is 0 Å². The van der Waals surface area contributed by atoms with E-state index in [1.807, 2.05) is 51.1 Å². The Balaban J connectivity index is 1.97. The maximum Gasteiger partial charge on any atom is 0.255 e. The van der Waals surface area contributed by atoms with Crippen molar-refractivity contribution in [2.75, 3.05) is 5.32 Å². The Bertz CT molecular complexity index is 987. The van der Waals surface area contributed by atoms with E-state index in [-0.39, 0.29) is 11.5 Å². The van der Waals surface area contributed by atoms with Crippen LogP contribution in [-0.2, 0) is 6.42 Å². The van der Waals surface area contributed by atoms with Gasteiger partial charge >= 0.3 is 0 Å². The molecule has 1 heterocycles. The zero-order valence-corrected chi connectivity index (χ0v) is 14.1. The van der Waals surface area contributed by atoms with Gasteiger partial charge in [-0.1, -0.05) is 30.7 Å². The quantitative estimate of drug-likeness (QED) is 0.767. The lowest BCUT2D eigenvalue weighted by Gasteiger charge is -2.10. The standard InChI is InChI=1S/C20H20N2O2/c1-4-16-13(3)17-9-8-15(11-18(17)22-20(16)24)21-19(23)14-7-5-6-12(2)10-14/h5-11H,4H2,1-3H3,(H,21,23)(H,22,24). The average molecular weight is 320 g/mol. The van der Waals surface area contributed by atoms with Gasteiger partial charge in [-0.15, -0.1) is 0 Å². The highest BCUT2D eigenvalue weighted by atomic mass is 16.1. The van der Waals surface area contributed by atoms with Gasteiger partial charge in [0, 0.05) is 22.2 Å². The van der Waals surface area contributed by atoms with Crippen LogP contribution in [0.2, 0.25) is 0 Å². The van der Waals surface area contributed by atoms with E-state index in [2.05, 4.69) is 10.3 Å². The third-order valence-corrected chi connectivity index (χ3v) is 4.29. The second kappa shape index (κ2) is 6.32. The Morgan fingerprint density at radius 3 is 2.62 bits per heavy atom. The second-order valence-corrected chi connectivity index (χ2v) is 6.00. The summed E-state index contributed by atoms with van der Waals surface area (Å²) in [5, 5.41) is 3.88. The molecule has 1 aromatic heterocycles. The molecule has 0 unspecified atom stereocenters. The smallest absolute Gasteiger partial charge is 0.255 e. The van der Waals surface area contributed by atoms with Gasteiger partial charge in [0.2, 0.25) is 0 Å². The number of aromatic amines is 1. The molecule has 0 fully saturated rings. The minimum atomic E-state index is -0.165. The number of carbonyl (C=O) groups is 1. The highest BCUT2D eigenvalue weighted by Crippen LogP contribution is 2.22. The molecule has 0 saturated carbocycles. The summed E-state index contributed by atoms with van der Waals surface area (Å²) < 4.78 is 0. The summed E-state index contributed by atoms with van der Waals surface area (Å²) >= 11 is 0. The summed E-state index contributed by atoms with van der Waals surface area (Å²) in [6, 6.07) is 13.0. The maximum absolute atomic E-state index is 12.4. The van der Waals surface area contributed by atoms with E-state index in [9.17, 15) is 9.59 Å². The molecule has 0 aliphatic rings. The van der Waals surface area contributed by atoms with Crippen molar-refractivity contribution in [3.05, 3.63) is 75.1 Å². The summed E-state index contributed by atoms with van der Waals surface area (Å²) in [4.78, 5) is 27.4. The number of anilines is 1. The number of carbonyl (C=O) groups excluding carboxylic acids is 1. The molecule has 122 valence electrons. The molecule has 0 radical (unpaired) electrons. The van der Waals surface area contributed by atoms with Crippen LogP contribution in [0, 0.1) is 13.8 Å². The number of aryl methyl sites for hydroxylation is 2. The Morgan fingerprint density at radius 2 is 1.92 bits per heavy atom. The highest BCUT2D eigenvalue weighted by Gasteiger charge is 2.10. The van der Waals surface area contributed by atoms with Crippen LogP contribution in [-0.4, -0.2) is 10.9 Å². The topological polar surface area (TPSA) is 62.0 Å². The molecule has 4 heteroatoms. The van der Waals surface area contributed by atoms with Crippen LogP contribution in [0.4, 0.5) is 5.69 Å². The summed E-state index contributed by atoms with van der Waals surface area (Å²) in [7, 11) is 0. The van der Waals surface area contributed by atoms with Gasteiger partial charge in [0.05, 0.1) is 5.52 Å². The van der Waals surface area contributed by atoms with E-state index in [1.165, 1.54) is 0 Å². The lowest BCUT2D eigenvalue weighted by atomic mass is 10.0. The SMILES string of the molecule is CCc1c(C)c2ccc(NC(=O)c3cccc(C)c3)cc2[nH]c1=O. The third kappa shape index (κ3) is 2.95. The number of benzene rings is 2. The molecule has 24 heavy (non-hydrogen) atoms. The number of rotatable bonds is 3. The molecule has 4 nitrogen and oxygen atoms in total. The number of hydrogen-bond donors (Lipinski definition) is 2. The molecule has 0 saturated heterocycles. The van der Waals surface area contributed by atoms with E-state index in [0.29, 0.717) is 17.7 Å². The molecule has 0 bridgehead atoms. The molecule has 0 spiro atoms. The number of aromatic nitrogens is 1. The van der Waals surface area contributed by atoms with E-state index < -0.39 is 0 Å². The van der Waals surface area contributed by atoms with Gasteiger partial charge in [-0.25, -0.2) is 0 Å². The molecule has 2 N–H and O–H groups in total. The monoisotopic (exact) mass is 320 g/mol. The van der Waals surface area contributed by atoms with Crippen molar-refractivity contribution in [1.29, 1.82) is 0 Å². The first-order chi connectivity index (χ1) is 11.5. The molecule has 2 aromatic carbocycles. The lowest BCUT2D eigenvalue weighted by Crippen LogP contribution is -2.15. The average Bonchev–Trinajstić information content (AvgIpc) is 2.55. The van der Waals surface area contributed by atoms with Crippen LogP contribution in [0.1, 0.15) is 34.0 Å². The minimum absolute atomic E-state index is 0.0651. The molecule has 0 aliphatic heterocycles. The first-order valence-corrected chi connectivity index (χ1v) is 8.03. The number of fused-ring (bicyclic) bond motifs is 1. The van der Waals surface area contributed by atoms with Crippen molar-refractivity contribution in [3.63, 3.8) is 0 Å². The van der Waals surface area contributed by atoms with Crippen molar-refractivity contribution in [3.8, 4) is 0 Å². The summed E-state index contributed by atoms with van der Waals surface area (Å²) in [6.07, 6.45) is 0.697. The molecule has 1 amide bonds. The molecule has 0 aliphatic carbocycles. The fourth-order valence-corrected chi connectivity index (χ4v) is 3.00. The molecule has 3 rings (SSSR count). The second-order valence-electron chi connectivity index (χ2n) is 6.00. The predicted molar refractivity (Wildman–Crippen MR) is 97.8 cm³/mol. The Kier molecular flexibility index (Phi) is 4.21. The van der Waals surface area contributed by atoms with Crippen LogP contribution in [0.3, 0.4) is 0 Å². The van der Waals surface area contributed by atoms with Crippen LogP contribution >= 0.6 is 0 Å². The van der Waals surface area contributed by atoms with Crippen molar-refractivity contribution in [1.82, 2.24) is 4.98 Å². The van der Waals surface area contributed by atoms with Gasteiger partial charge in [0.1, 0.15) is 0 Å². The molecule has 3 aromatic rings. The normalized spacial score (nSPS) is 10.8. The summed E-state index contributed by atoms with van der Waals surface area (Å²) in [6.45, 7) is 5.88. The third-order valence-electron chi connectivity index (χ3n) is 4.29. The Hall–Kier alpha value is -2.88. The molecule has 0 atom stereocenters. The zero-order chi connectivity index (χ0) is 17.3. The van der Waals surface area contributed by atoms with Gasteiger partial charge in [0.15, 0.2) is 0 Å². The summed E-state index contributed by atoms with van der Waals surface area (Å²) in [5.41, 5.74) is 4.77. The lowest BCUT2D eigenvalue weighted by molar-refractivity contribution is 0.102. The van der Waals surface area contributed by atoms with Crippen LogP contribution in [0.5, 0.6) is 0 Å². The largest absolute Gasteiger partial charge is 0.322 e. The van der Waals surface area contributed by atoms with Crippen molar-refractivity contribution in [2.24, 2.45) is 0 Å². The van der Waals surface area contributed by atoms with Gasteiger partial charge in [-0.2, -0.15) is 0 Å². The van der Waals surface area contributed by atoms with Crippen LogP contribution < -0.4 is 10.9 Å². The highest BCUT2D eigenvalue weighted by molar-refractivity contribution is 6.05. The van der Waals surface area contributed by atoms with Gasteiger partial charge in [0.25, 0.3) is 11.5 Å². The van der Waals surface area contributed by atoms with Crippen molar-refractivity contribution < 1.29 is 4.79 Å². The number of hydrogen-bond acceptors (Lipinski definition) is 2. The van der Waals surface area contributed by atoms with Gasteiger partial charge < -0.3 is 10.3 Å². The minimum Gasteiger partial charge on any atom is -0.322 e. The van der Waals surface area contributed by atoms with E-state index in [0.717, 1.165) is 27.6 Å². The number of nitrogens with one attached hydrogen (secondary N) is 2. The fraction of sp³-hybridized carbons (Fsp3) is 0.200. The Morgan fingerprint density at radius 1 is 1.12 bits per heavy atom. The predicted octanol–water partition coefficient (Wildman–Crippen LogP) is 3.96. The van der Waals surface area contributed by atoms with E-state index >= 15 is 0 Å². The fourth-order valence-electron chi connectivity index (χ4n) is 3.00. The summed E-state index contributed by atoms with van der Waals surface area (Å²) in [5.74, 6) is -0.165. The Labute approximate surface area is 140 Å². The van der Waals surface area contributed by atoms with E-state index in [1.54, 1.807) is 12.1 Å². The number of H-pyrrole nitrogens is 1. The van der Waals surface area contributed by atoms with Crippen LogP contribution in [0.25, 0.3) is 10.9 Å². The zero-order valence-electron chi connectivity index (χ0n) is 14.1. The maximum atomic E-state index is 12.4. The van der Waals surface area contributed by atoms with Crippen LogP contribution in [0.15, 0.2) is 47.3 Å². The van der Waals surface area contributed by atoms with Crippen molar-refractivity contribution >= 4 is 22.5 Å². The number of pyridine rings is 1. The van der Waals surface area contributed by atoms with Crippen molar-refractivity contribution in [2.45, 2.75) is 27.2 Å². The molecular formula is C20H20N2O2. The molecular weight excluding hydrogens is 300 g/mol. The van der Waals surface area contributed by atoms with Gasteiger partial charge in [-0.3, -0.25) is 9.59 Å². The van der Waals surface area contributed by atoms with Gasteiger partial charge in [-0.05, 0) is 50.1 Å². The first kappa shape index (κ1) is 16.0. The number of amides is 1. The first-order valence-electron chi connectivity index (χ1n) is 8.03.